The standard InChI is InChI=1S/C13H15Cl2FN2O/c1-8-3-2-4-18(7-8)13(19)17-12-10(14)5-9(16)6-11(12)15/h5-6,8H,2-4,7H2,1H3,(H,17,19). The van der Waals surface area contributed by atoms with Crippen molar-refractivity contribution in [1.82, 2.24) is 4.90 Å². The summed E-state index contributed by atoms with van der Waals surface area (Å²) in [4.78, 5) is 13.8. The van der Waals surface area contributed by atoms with Gasteiger partial charge in [-0.2, -0.15) is 0 Å². The first-order chi connectivity index (χ1) is 8.97. The van der Waals surface area contributed by atoms with Crippen LogP contribution in [0, 0.1) is 11.7 Å². The summed E-state index contributed by atoms with van der Waals surface area (Å²) in [5.41, 5.74) is 0.257. The van der Waals surface area contributed by atoms with Crippen molar-refractivity contribution < 1.29 is 9.18 Å². The average molecular weight is 305 g/mol. The van der Waals surface area contributed by atoms with Crippen LogP contribution in [0.25, 0.3) is 0 Å². The van der Waals surface area contributed by atoms with Gasteiger partial charge in [-0.05, 0) is 30.9 Å². The third-order valence-electron chi connectivity index (χ3n) is 3.18. The summed E-state index contributed by atoms with van der Waals surface area (Å²) in [5, 5.41) is 2.85. The summed E-state index contributed by atoms with van der Waals surface area (Å²) in [6, 6.07) is 2.01. The van der Waals surface area contributed by atoms with Gasteiger partial charge in [0.2, 0.25) is 0 Å². The predicted molar refractivity (Wildman–Crippen MR) is 75.4 cm³/mol. The van der Waals surface area contributed by atoms with Gasteiger partial charge in [-0.3, -0.25) is 0 Å². The van der Waals surface area contributed by atoms with E-state index in [1.54, 1.807) is 4.90 Å². The lowest BCUT2D eigenvalue weighted by Gasteiger charge is -2.31. The van der Waals surface area contributed by atoms with Crippen LogP contribution < -0.4 is 5.32 Å². The third kappa shape index (κ3) is 3.51. The number of halogens is 3. The molecule has 1 fully saturated rings. The van der Waals surface area contributed by atoms with E-state index in [2.05, 4.69) is 12.2 Å². The number of nitrogens with zero attached hydrogens (tertiary/aromatic N) is 1. The Morgan fingerprint density at radius 1 is 1.42 bits per heavy atom. The summed E-state index contributed by atoms with van der Waals surface area (Å²) >= 11 is 11.8. The number of carbonyl (C=O) groups is 1. The van der Waals surface area contributed by atoms with Gasteiger partial charge in [-0.1, -0.05) is 30.1 Å². The monoisotopic (exact) mass is 304 g/mol. The molecule has 1 aliphatic rings. The molecule has 0 aromatic heterocycles. The predicted octanol–water partition coefficient (Wildman–Crippen LogP) is 4.40. The highest BCUT2D eigenvalue weighted by molar-refractivity contribution is 6.39. The van der Waals surface area contributed by atoms with Crippen LogP contribution in [0.1, 0.15) is 19.8 Å². The molecule has 6 heteroatoms. The molecule has 1 N–H and O–H groups in total. The highest BCUT2D eigenvalue weighted by Crippen LogP contribution is 2.31. The Hall–Kier alpha value is -1.00. The van der Waals surface area contributed by atoms with Crippen LogP contribution in [0.3, 0.4) is 0 Å². The summed E-state index contributed by atoms with van der Waals surface area (Å²) in [6.45, 7) is 3.53. The zero-order valence-corrected chi connectivity index (χ0v) is 12.1. The summed E-state index contributed by atoms with van der Waals surface area (Å²) in [7, 11) is 0. The second kappa shape index (κ2) is 5.97. The Balaban J connectivity index is 2.10. The zero-order chi connectivity index (χ0) is 14.0. The fraction of sp³-hybridized carbons (Fsp3) is 0.462. The molecule has 104 valence electrons. The molecule has 2 amide bonds. The number of carbonyl (C=O) groups excluding carboxylic acids is 1. The van der Waals surface area contributed by atoms with Crippen LogP contribution in [0.5, 0.6) is 0 Å². The second-order valence-electron chi connectivity index (χ2n) is 4.87. The minimum atomic E-state index is -0.528. The van der Waals surface area contributed by atoms with Gasteiger partial charge in [-0.15, -0.1) is 0 Å². The molecule has 0 saturated carbocycles. The number of urea groups is 1. The Morgan fingerprint density at radius 2 is 2.05 bits per heavy atom. The number of benzene rings is 1. The Labute approximate surface area is 121 Å². The lowest BCUT2D eigenvalue weighted by Crippen LogP contribution is -2.41. The maximum atomic E-state index is 13.1. The topological polar surface area (TPSA) is 32.3 Å². The van der Waals surface area contributed by atoms with E-state index in [1.165, 1.54) is 0 Å². The normalized spacial score (nSPS) is 19.4. The quantitative estimate of drug-likeness (QED) is 0.819. The van der Waals surface area contributed by atoms with E-state index < -0.39 is 5.82 Å². The van der Waals surface area contributed by atoms with Gasteiger partial charge in [0.1, 0.15) is 5.82 Å². The molecule has 1 atom stereocenters. The number of hydrogen-bond acceptors (Lipinski definition) is 1. The molecule has 3 nitrogen and oxygen atoms in total. The first kappa shape index (κ1) is 14.4. The van der Waals surface area contributed by atoms with Crippen molar-refractivity contribution in [2.45, 2.75) is 19.8 Å². The van der Waals surface area contributed by atoms with Crippen LogP contribution in [0.4, 0.5) is 14.9 Å². The molecule has 1 heterocycles. The molecule has 1 unspecified atom stereocenters. The van der Waals surface area contributed by atoms with Gasteiger partial charge >= 0.3 is 6.03 Å². The molecule has 1 aromatic rings. The van der Waals surface area contributed by atoms with Crippen LogP contribution in [0.15, 0.2) is 12.1 Å². The molecule has 19 heavy (non-hydrogen) atoms. The molecule has 1 aliphatic heterocycles. The van der Waals surface area contributed by atoms with E-state index in [9.17, 15) is 9.18 Å². The summed E-state index contributed by atoms with van der Waals surface area (Å²) in [6.07, 6.45) is 2.11. The largest absolute Gasteiger partial charge is 0.324 e. The number of nitrogens with one attached hydrogen (secondary N) is 1. The fourth-order valence-corrected chi connectivity index (χ4v) is 2.78. The third-order valence-corrected chi connectivity index (χ3v) is 3.78. The summed E-state index contributed by atoms with van der Waals surface area (Å²) in [5.74, 6) is -0.0433. The molecule has 0 spiro atoms. The molecule has 2 rings (SSSR count). The van der Waals surface area contributed by atoms with E-state index in [4.69, 9.17) is 23.2 Å². The smallest absolute Gasteiger partial charge is 0.321 e. The number of rotatable bonds is 1. The van der Waals surface area contributed by atoms with Gasteiger partial charge in [0, 0.05) is 13.1 Å². The molecular weight excluding hydrogens is 290 g/mol. The number of anilines is 1. The van der Waals surface area contributed by atoms with E-state index in [0.717, 1.165) is 25.0 Å². The lowest BCUT2D eigenvalue weighted by molar-refractivity contribution is 0.182. The molecule has 1 saturated heterocycles. The van der Waals surface area contributed by atoms with Crippen molar-refractivity contribution in [2.75, 3.05) is 18.4 Å². The highest BCUT2D eigenvalue weighted by atomic mass is 35.5. The number of piperidine rings is 1. The number of amides is 2. The van der Waals surface area contributed by atoms with Crippen molar-refractivity contribution in [3.05, 3.63) is 28.0 Å². The molecule has 1 aromatic carbocycles. The van der Waals surface area contributed by atoms with Crippen molar-refractivity contribution in [2.24, 2.45) is 5.92 Å². The Bertz CT molecular complexity index is 473. The maximum absolute atomic E-state index is 13.1. The molecule has 0 bridgehead atoms. The van der Waals surface area contributed by atoms with E-state index >= 15 is 0 Å². The van der Waals surface area contributed by atoms with Crippen LogP contribution in [0.2, 0.25) is 10.0 Å². The minimum absolute atomic E-state index is 0.100. The Morgan fingerprint density at radius 3 is 2.63 bits per heavy atom. The number of hydrogen-bond donors (Lipinski definition) is 1. The van der Waals surface area contributed by atoms with Crippen molar-refractivity contribution >= 4 is 34.9 Å². The van der Waals surface area contributed by atoms with Gasteiger partial charge in [-0.25, -0.2) is 9.18 Å². The number of likely N-dealkylation sites (tertiary alicyclic amines) is 1. The van der Waals surface area contributed by atoms with Crippen LogP contribution in [-0.2, 0) is 0 Å². The van der Waals surface area contributed by atoms with Crippen molar-refractivity contribution in [1.29, 1.82) is 0 Å². The summed E-state index contributed by atoms with van der Waals surface area (Å²) < 4.78 is 13.1. The molecule has 0 radical (unpaired) electrons. The van der Waals surface area contributed by atoms with Crippen LogP contribution in [-0.4, -0.2) is 24.0 Å². The van der Waals surface area contributed by atoms with E-state index in [0.29, 0.717) is 19.0 Å². The second-order valence-corrected chi connectivity index (χ2v) is 5.68. The van der Waals surface area contributed by atoms with E-state index in [-0.39, 0.29) is 21.8 Å². The lowest BCUT2D eigenvalue weighted by atomic mass is 10.0. The van der Waals surface area contributed by atoms with Gasteiger partial charge in [0.15, 0.2) is 0 Å². The zero-order valence-electron chi connectivity index (χ0n) is 10.5. The molecule has 0 aliphatic carbocycles. The minimum Gasteiger partial charge on any atom is -0.324 e. The first-order valence-electron chi connectivity index (χ1n) is 6.18. The van der Waals surface area contributed by atoms with Gasteiger partial charge in [0.25, 0.3) is 0 Å². The van der Waals surface area contributed by atoms with Crippen molar-refractivity contribution in [3.8, 4) is 0 Å². The van der Waals surface area contributed by atoms with Gasteiger partial charge < -0.3 is 10.2 Å². The SMILES string of the molecule is CC1CCCN(C(=O)Nc2c(Cl)cc(F)cc2Cl)C1. The maximum Gasteiger partial charge on any atom is 0.321 e. The average Bonchev–Trinajstić information content (AvgIpc) is 2.33. The first-order valence-corrected chi connectivity index (χ1v) is 6.93. The van der Waals surface area contributed by atoms with E-state index in [1.807, 2.05) is 0 Å². The van der Waals surface area contributed by atoms with Crippen molar-refractivity contribution in [3.63, 3.8) is 0 Å². The van der Waals surface area contributed by atoms with Gasteiger partial charge in [0.05, 0.1) is 15.7 Å². The Kier molecular flexibility index (Phi) is 4.53. The fourth-order valence-electron chi connectivity index (χ4n) is 2.22. The van der Waals surface area contributed by atoms with Crippen LogP contribution >= 0.6 is 23.2 Å². The molecular formula is C13H15Cl2FN2O. The highest BCUT2D eigenvalue weighted by Gasteiger charge is 2.22.